The molecule has 2 heteroatoms. The highest BCUT2D eigenvalue weighted by molar-refractivity contribution is 5.36. The zero-order chi connectivity index (χ0) is 9.84. The summed E-state index contributed by atoms with van der Waals surface area (Å²) in [6.07, 6.45) is 0.385. The quantitative estimate of drug-likeness (QED) is 0.774. The van der Waals surface area contributed by atoms with E-state index in [0.29, 0.717) is 0 Å². The van der Waals surface area contributed by atoms with Crippen LogP contribution in [0.2, 0.25) is 0 Å². The topological polar surface area (TPSA) is 29.5 Å². The molecule has 0 spiro atoms. The van der Waals surface area contributed by atoms with Gasteiger partial charge in [-0.15, -0.1) is 0 Å². The lowest BCUT2D eigenvalue weighted by Gasteiger charge is -2.11. The van der Waals surface area contributed by atoms with Gasteiger partial charge in [0.15, 0.2) is 0 Å². The third kappa shape index (κ3) is 2.22. The van der Waals surface area contributed by atoms with Gasteiger partial charge in [-0.25, -0.2) is 0 Å². The number of rotatable bonds is 3. The average Bonchev–Trinajstić information content (AvgIpc) is 2.16. The van der Waals surface area contributed by atoms with E-state index in [2.05, 4.69) is 0 Å². The Balaban J connectivity index is 2.95. The van der Waals surface area contributed by atoms with Gasteiger partial charge in [-0.3, -0.25) is 0 Å². The van der Waals surface area contributed by atoms with Crippen LogP contribution in [-0.2, 0) is 0 Å². The Kier molecular flexibility index (Phi) is 3.32. The Hall–Kier alpha value is -1.02. The zero-order valence-electron chi connectivity index (χ0n) is 8.37. The first-order valence-corrected chi connectivity index (χ1v) is 4.51. The van der Waals surface area contributed by atoms with Crippen LogP contribution >= 0.6 is 0 Å². The van der Waals surface area contributed by atoms with Crippen LogP contribution < -0.4 is 4.74 Å². The second kappa shape index (κ2) is 4.28. The maximum atomic E-state index is 9.58. The van der Waals surface area contributed by atoms with Crippen molar-refractivity contribution >= 4 is 0 Å². The molecule has 2 nitrogen and oxygen atoms in total. The van der Waals surface area contributed by atoms with E-state index in [1.165, 1.54) is 0 Å². The predicted molar refractivity (Wildman–Crippen MR) is 53.0 cm³/mol. The molecule has 1 aromatic rings. The van der Waals surface area contributed by atoms with Crippen molar-refractivity contribution in [3.05, 3.63) is 29.3 Å². The molecule has 1 atom stereocenters. The molecule has 0 aromatic heterocycles. The number of methoxy groups -OCH3 is 1. The standard InChI is InChI=1S/C11H16O2/c1-4-10(12)9-5-6-11(13-3)8(2)7-9/h5-7,10,12H,4H2,1-3H3. The minimum Gasteiger partial charge on any atom is -0.496 e. The van der Waals surface area contributed by atoms with Crippen LogP contribution in [0.5, 0.6) is 5.75 Å². The second-order valence-electron chi connectivity index (χ2n) is 3.15. The molecule has 0 saturated carbocycles. The fraction of sp³-hybridized carbons (Fsp3) is 0.455. The van der Waals surface area contributed by atoms with E-state index >= 15 is 0 Å². The molecule has 0 amide bonds. The fourth-order valence-electron chi connectivity index (χ4n) is 1.34. The van der Waals surface area contributed by atoms with Gasteiger partial charge in [-0.1, -0.05) is 13.0 Å². The van der Waals surface area contributed by atoms with Crippen molar-refractivity contribution in [1.82, 2.24) is 0 Å². The van der Waals surface area contributed by atoms with Gasteiger partial charge in [-0.2, -0.15) is 0 Å². The Morgan fingerprint density at radius 1 is 1.46 bits per heavy atom. The first kappa shape index (κ1) is 10.1. The number of hydrogen-bond donors (Lipinski definition) is 1. The number of ether oxygens (including phenoxy) is 1. The summed E-state index contributed by atoms with van der Waals surface area (Å²) in [7, 11) is 1.65. The summed E-state index contributed by atoms with van der Waals surface area (Å²) in [5.41, 5.74) is 2.02. The largest absolute Gasteiger partial charge is 0.496 e. The van der Waals surface area contributed by atoms with Crippen LogP contribution in [0.4, 0.5) is 0 Å². The Bertz CT molecular complexity index is 281. The van der Waals surface area contributed by atoms with Gasteiger partial charge in [0.05, 0.1) is 13.2 Å². The summed E-state index contributed by atoms with van der Waals surface area (Å²) in [6, 6.07) is 5.76. The van der Waals surface area contributed by atoms with Gasteiger partial charge in [0.25, 0.3) is 0 Å². The SMILES string of the molecule is CCC(O)c1ccc(OC)c(C)c1. The molecule has 1 unspecified atom stereocenters. The van der Waals surface area contributed by atoms with Crippen LogP contribution in [0.25, 0.3) is 0 Å². The van der Waals surface area contributed by atoms with E-state index < -0.39 is 0 Å². The van der Waals surface area contributed by atoms with E-state index in [4.69, 9.17) is 4.74 Å². The van der Waals surface area contributed by atoms with Crippen molar-refractivity contribution in [3.8, 4) is 5.75 Å². The van der Waals surface area contributed by atoms with Crippen molar-refractivity contribution in [1.29, 1.82) is 0 Å². The minimum atomic E-state index is -0.357. The number of aliphatic hydroxyl groups is 1. The predicted octanol–water partition coefficient (Wildman–Crippen LogP) is 2.45. The molecule has 1 rings (SSSR count). The van der Waals surface area contributed by atoms with Gasteiger partial charge < -0.3 is 9.84 Å². The normalized spacial score (nSPS) is 12.6. The van der Waals surface area contributed by atoms with Crippen LogP contribution in [0.15, 0.2) is 18.2 Å². The van der Waals surface area contributed by atoms with Gasteiger partial charge in [-0.05, 0) is 36.6 Å². The molecule has 1 aromatic carbocycles. The molecule has 13 heavy (non-hydrogen) atoms. The first-order chi connectivity index (χ1) is 6.19. The van der Waals surface area contributed by atoms with E-state index in [9.17, 15) is 5.11 Å². The Labute approximate surface area is 79.2 Å². The lowest BCUT2D eigenvalue weighted by Crippen LogP contribution is -1.96. The maximum Gasteiger partial charge on any atom is 0.121 e. The van der Waals surface area contributed by atoms with Crippen molar-refractivity contribution in [2.75, 3.05) is 7.11 Å². The monoisotopic (exact) mass is 180 g/mol. The van der Waals surface area contributed by atoms with E-state index in [0.717, 1.165) is 23.3 Å². The van der Waals surface area contributed by atoms with E-state index in [1.54, 1.807) is 7.11 Å². The molecular formula is C11H16O2. The lowest BCUT2D eigenvalue weighted by molar-refractivity contribution is 0.173. The zero-order valence-corrected chi connectivity index (χ0v) is 8.37. The van der Waals surface area contributed by atoms with Crippen LogP contribution in [0.3, 0.4) is 0 Å². The molecule has 0 aliphatic rings. The van der Waals surface area contributed by atoms with Gasteiger partial charge in [0.2, 0.25) is 0 Å². The smallest absolute Gasteiger partial charge is 0.121 e. The van der Waals surface area contributed by atoms with E-state index in [-0.39, 0.29) is 6.10 Å². The molecule has 0 radical (unpaired) electrons. The van der Waals surface area contributed by atoms with Gasteiger partial charge in [0.1, 0.15) is 5.75 Å². The molecule has 0 fully saturated rings. The van der Waals surface area contributed by atoms with Gasteiger partial charge >= 0.3 is 0 Å². The minimum absolute atomic E-state index is 0.357. The lowest BCUT2D eigenvalue weighted by atomic mass is 10.0. The summed E-state index contributed by atoms with van der Waals surface area (Å²) < 4.78 is 5.13. The van der Waals surface area contributed by atoms with Crippen LogP contribution in [-0.4, -0.2) is 12.2 Å². The Morgan fingerprint density at radius 3 is 2.62 bits per heavy atom. The Morgan fingerprint density at radius 2 is 2.15 bits per heavy atom. The van der Waals surface area contributed by atoms with E-state index in [1.807, 2.05) is 32.0 Å². The molecule has 0 saturated heterocycles. The van der Waals surface area contributed by atoms with Gasteiger partial charge in [0, 0.05) is 0 Å². The third-order valence-electron chi connectivity index (χ3n) is 2.19. The number of benzene rings is 1. The molecule has 0 heterocycles. The highest BCUT2D eigenvalue weighted by Gasteiger charge is 2.06. The van der Waals surface area contributed by atoms with Crippen molar-refractivity contribution in [3.63, 3.8) is 0 Å². The summed E-state index contributed by atoms with van der Waals surface area (Å²) in [4.78, 5) is 0. The van der Waals surface area contributed by atoms with Crippen LogP contribution in [0.1, 0.15) is 30.6 Å². The molecule has 0 aliphatic heterocycles. The molecule has 1 N–H and O–H groups in total. The molecule has 72 valence electrons. The first-order valence-electron chi connectivity index (χ1n) is 4.51. The summed E-state index contributed by atoms with van der Waals surface area (Å²) >= 11 is 0. The number of aliphatic hydroxyl groups excluding tert-OH is 1. The highest BCUT2D eigenvalue weighted by atomic mass is 16.5. The average molecular weight is 180 g/mol. The van der Waals surface area contributed by atoms with Crippen LogP contribution in [0, 0.1) is 6.92 Å². The van der Waals surface area contributed by atoms with Crippen molar-refractivity contribution < 1.29 is 9.84 Å². The number of hydrogen-bond acceptors (Lipinski definition) is 2. The summed E-state index contributed by atoms with van der Waals surface area (Å²) in [6.45, 7) is 3.94. The molecular weight excluding hydrogens is 164 g/mol. The maximum absolute atomic E-state index is 9.58. The van der Waals surface area contributed by atoms with Crippen molar-refractivity contribution in [2.45, 2.75) is 26.4 Å². The second-order valence-corrected chi connectivity index (χ2v) is 3.15. The molecule has 0 bridgehead atoms. The highest BCUT2D eigenvalue weighted by Crippen LogP contribution is 2.23. The van der Waals surface area contributed by atoms with Crippen molar-refractivity contribution in [2.24, 2.45) is 0 Å². The summed E-state index contributed by atoms with van der Waals surface area (Å²) in [5, 5.41) is 9.58. The number of aryl methyl sites for hydroxylation is 1. The third-order valence-corrected chi connectivity index (χ3v) is 2.19. The fourth-order valence-corrected chi connectivity index (χ4v) is 1.34. The molecule has 0 aliphatic carbocycles. The summed E-state index contributed by atoms with van der Waals surface area (Å²) in [5.74, 6) is 0.868.